The maximum absolute atomic E-state index is 12.6. The minimum Gasteiger partial charge on any atom is -0.466 e. The number of rotatable bonds is 14. The van der Waals surface area contributed by atoms with E-state index >= 15 is 0 Å². The van der Waals surface area contributed by atoms with Crippen molar-refractivity contribution in [3.8, 4) is 0 Å². The van der Waals surface area contributed by atoms with E-state index in [2.05, 4.69) is 6.92 Å². The SMILES string of the molecule is CCCCCCCC(=O)OC1C(OC(=O)C(C)CC)C=C(C(=O)OC)CC1OC(=O)C(C)CC. The smallest absolute Gasteiger partial charge is 0.333 e. The summed E-state index contributed by atoms with van der Waals surface area (Å²) in [5.74, 6) is -2.77. The Bertz CT molecular complexity index is 714. The molecule has 0 aromatic heterocycles. The van der Waals surface area contributed by atoms with Gasteiger partial charge < -0.3 is 18.9 Å². The first-order chi connectivity index (χ1) is 16.2. The van der Waals surface area contributed by atoms with Crippen molar-refractivity contribution in [2.75, 3.05) is 7.11 Å². The van der Waals surface area contributed by atoms with Crippen molar-refractivity contribution in [2.45, 2.75) is 111 Å². The summed E-state index contributed by atoms with van der Waals surface area (Å²) in [5, 5.41) is 0. The molecule has 0 amide bonds. The maximum atomic E-state index is 12.6. The molecule has 1 rings (SSSR count). The van der Waals surface area contributed by atoms with Crippen LogP contribution in [0.4, 0.5) is 0 Å². The van der Waals surface area contributed by atoms with Gasteiger partial charge in [-0.2, -0.15) is 0 Å². The summed E-state index contributed by atoms with van der Waals surface area (Å²) in [6.07, 6.45) is 4.57. The zero-order valence-corrected chi connectivity index (χ0v) is 21.6. The third-order valence-corrected chi connectivity index (χ3v) is 6.23. The number of carbonyl (C=O) groups is 4. The largest absolute Gasteiger partial charge is 0.466 e. The second-order valence-electron chi connectivity index (χ2n) is 9.00. The van der Waals surface area contributed by atoms with Crippen molar-refractivity contribution >= 4 is 23.9 Å². The van der Waals surface area contributed by atoms with Crippen molar-refractivity contribution in [2.24, 2.45) is 11.8 Å². The lowest BCUT2D eigenvalue weighted by Gasteiger charge is -2.35. The van der Waals surface area contributed by atoms with Crippen LogP contribution in [0, 0.1) is 11.8 Å². The van der Waals surface area contributed by atoms with Crippen LogP contribution in [0.1, 0.15) is 92.4 Å². The van der Waals surface area contributed by atoms with Crippen LogP contribution in [0.15, 0.2) is 11.6 Å². The van der Waals surface area contributed by atoms with E-state index in [-0.39, 0.29) is 30.3 Å². The second kappa shape index (κ2) is 15.5. The summed E-state index contributed by atoms with van der Waals surface area (Å²) in [5.41, 5.74) is 0.207. The Kier molecular flexibility index (Phi) is 13.5. The van der Waals surface area contributed by atoms with E-state index in [9.17, 15) is 19.2 Å². The molecular formula is C26H42O8. The number of carbonyl (C=O) groups excluding carboxylic acids is 4. The van der Waals surface area contributed by atoms with Crippen molar-refractivity contribution in [3.05, 3.63) is 11.6 Å². The minimum atomic E-state index is -1.07. The van der Waals surface area contributed by atoms with Crippen LogP contribution in [0.3, 0.4) is 0 Å². The van der Waals surface area contributed by atoms with E-state index in [4.69, 9.17) is 18.9 Å². The van der Waals surface area contributed by atoms with Gasteiger partial charge in [0.1, 0.15) is 6.10 Å². The van der Waals surface area contributed by atoms with Crippen LogP contribution < -0.4 is 0 Å². The molecule has 0 radical (unpaired) electrons. The van der Waals surface area contributed by atoms with Gasteiger partial charge in [0.2, 0.25) is 0 Å². The van der Waals surface area contributed by atoms with E-state index < -0.39 is 42.2 Å². The topological polar surface area (TPSA) is 105 Å². The molecule has 34 heavy (non-hydrogen) atoms. The highest BCUT2D eigenvalue weighted by Crippen LogP contribution is 2.29. The fraction of sp³-hybridized carbons (Fsp3) is 0.769. The molecule has 0 bridgehead atoms. The maximum Gasteiger partial charge on any atom is 0.333 e. The van der Waals surface area contributed by atoms with Gasteiger partial charge in [-0.25, -0.2) is 4.79 Å². The number of hydrogen-bond donors (Lipinski definition) is 0. The van der Waals surface area contributed by atoms with Gasteiger partial charge in [-0.05, 0) is 25.3 Å². The molecule has 0 spiro atoms. The van der Waals surface area contributed by atoms with E-state index in [1.807, 2.05) is 13.8 Å². The monoisotopic (exact) mass is 482 g/mol. The molecule has 0 aliphatic heterocycles. The van der Waals surface area contributed by atoms with Crippen molar-refractivity contribution in [1.82, 2.24) is 0 Å². The zero-order valence-electron chi connectivity index (χ0n) is 21.6. The van der Waals surface area contributed by atoms with Gasteiger partial charge in [-0.15, -0.1) is 0 Å². The molecule has 0 aromatic carbocycles. The lowest BCUT2D eigenvalue weighted by atomic mass is 9.91. The Morgan fingerprint density at radius 2 is 1.47 bits per heavy atom. The molecule has 0 saturated carbocycles. The average Bonchev–Trinajstić information content (AvgIpc) is 2.83. The Hall–Kier alpha value is -2.38. The van der Waals surface area contributed by atoms with Crippen LogP contribution in [-0.2, 0) is 38.1 Å². The highest BCUT2D eigenvalue weighted by Gasteiger charge is 2.43. The van der Waals surface area contributed by atoms with Crippen molar-refractivity contribution < 1.29 is 38.1 Å². The van der Waals surface area contributed by atoms with Crippen LogP contribution in [-0.4, -0.2) is 49.3 Å². The molecule has 194 valence electrons. The molecule has 8 heteroatoms. The van der Waals surface area contributed by atoms with Crippen LogP contribution in [0.5, 0.6) is 0 Å². The first-order valence-corrected chi connectivity index (χ1v) is 12.6. The van der Waals surface area contributed by atoms with Crippen LogP contribution >= 0.6 is 0 Å². The number of methoxy groups -OCH3 is 1. The van der Waals surface area contributed by atoms with Crippen LogP contribution in [0.25, 0.3) is 0 Å². The van der Waals surface area contributed by atoms with E-state index in [1.54, 1.807) is 13.8 Å². The first kappa shape index (κ1) is 29.7. The summed E-state index contributed by atoms with van der Waals surface area (Å²) in [6, 6.07) is 0. The standard InChI is InChI=1S/C26H42O8/c1-7-10-11-12-13-14-22(27)34-23-20(32-24(28)17(4)8-2)15-19(26(30)31-6)16-21(23)33-25(29)18(5)9-3/h15,17-18,20-21,23H,7-14,16H2,1-6H3. The molecule has 0 heterocycles. The molecule has 0 saturated heterocycles. The summed E-state index contributed by atoms with van der Waals surface area (Å²) in [6.45, 7) is 9.30. The lowest BCUT2D eigenvalue weighted by molar-refractivity contribution is -0.186. The Balaban J connectivity index is 3.15. The third-order valence-electron chi connectivity index (χ3n) is 6.23. The molecule has 0 fully saturated rings. The number of esters is 4. The fourth-order valence-electron chi connectivity index (χ4n) is 3.47. The Labute approximate surface area is 203 Å². The number of ether oxygens (including phenoxy) is 4. The van der Waals surface area contributed by atoms with Gasteiger partial charge in [0.05, 0.1) is 18.9 Å². The predicted molar refractivity (Wildman–Crippen MR) is 127 cm³/mol. The second-order valence-corrected chi connectivity index (χ2v) is 9.00. The fourth-order valence-corrected chi connectivity index (χ4v) is 3.47. The van der Waals surface area contributed by atoms with Crippen molar-refractivity contribution in [1.29, 1.82) is 0 Å². The molecule has 1 aliphatic rings. The summed E-state index contributed by atoms with van der Waals surface area (Å²) in [4.78, 5) is 50.1. The molecular weight excluding hydrogens is 440 g/mol. The minimum absolute atomic E-state index is 0.000671. The highest BCUT2D eigenvalue weighted by molar-refractivity contribution is 5.89. The van der Waals surface area contributed by atoms with Crippen molar-refractivity contribution in [3.63, 3.8) is 0 Å². The summed E-state index contributed by atoms with van der Waals surface area (Å²) >= 11 is 0. The Morgan fingerprint density at radius 3 is 2.03 bits per heavy atom. The average molecular weight is 483 g/mol. The van der Waals surface area contributed by atoms with E-state index in [0.717, 1.165) is 25.7 Å². The van der Waals surface area contributed by atoms with Gasteiger partial charge in [0, 0.05) is 18.4 Å². The molecule has 5 atom stereocenters. The number of unbranched alkanes of at least 4 members (excludes halogenated alkanes) is 4. The predicted octanol–water partition coefficient (Wildman–Crippen LogP) is 4.68. The summed E-state index contributed by atoms with van der Waals surface area (Å²) < 4.78 is 21.9. The molecule has 8 nitrogen and oxygen atoms in total. The Morgan fingerprint density at radius 1 is 0.882 bits per heavy atom. The number of hydrogen-bond acceptors (Lipinski definition) is 8. The van der Waals surface area contributed by atoms with E-state index in [1.165, 1.54) is 13.2 Å². The molecule has 5 unspecified atom stereocenters. The zero-order chi connectivity index (χ0) is 25.7. The van der Waals surface area contributed by atoms with Gasteiger partial charge in [-0.3, -0.25) is 14.4 Å². The van der Waals surface area contributed by atoms with Gasteiger partial charge >= 0.3 is 23.9 Å². The molecule has 1 aliphatic carbocycles. The first-order valence-electron chi connectivity index (χ1n) is 12.6. The molecule has 0 aromatic rings. The van der Waals surface area contributed by atoms with Gasteiger partial charge in [0.25, 0.3) is 0 Å². The van der Waals surface area contributed by atoms with Gasteiger partial charge in [0.15, 0.2) is 12.2 Å². The van der Waals surface area contributed by atoms with E-state index in [0.29, 0.717) is 19.3 Å². The third kappa shape index (κ3) is 9.47. The quantitative estimate of drug-likeness (QED) is 0.200. The van der Waals surface area contributed by atoms with Gasteiger partial charge in [-0.1, -0.05) is 60.3 Å². The summed E-state index contributed by atoms with van der Waals surface area (Å²) in [7, 11) is 1.24. The van der Waals surface area contributed by atoms with Crippen LogP contribution in [0.2, 0.25) is 0 Å². The molecule has 0 N–H and O–H groups in total. The highest BCUT2D eigenvalue weighted by atomic mass is 16.6. The normalized spacial score (nSPS) is 21.6. The lowest BCUT2D eigenvalue weighted by Crippen LogP contribution is -2.49.